The van der Waals surface area contributed by atoms with Gasteiger partial charge in [0.05, 0.1) is 29.7 Å². The van der Waals surface area contributed by atoms with Crippen LogP contribution in [0.5, 0.6) is 5.75 Å². The number of nitrogens with one attached hydrogen (secondary N) is 1. The van der Waals surface area contributed by atoms with Crippen molar-refractivity contribution in [1.29, 1.82) is 0 Å². The van der Waals surface area contributed by atoms with E-state index >= 15 is 0 Å². The first-order valence-corrected chi connectivity index (χ1v) is 7.49. The van der Waals surface area contributed by atoms with Crippen LogP contribution in [0.3, 0.4) is 0 Å². The largest absolute Gasteiger partial charge is 0.495 e. The second-order valence-corrected chi connectivity index (χ2v) is 5.60. The number of ether oxygens (including phenoxy) is 1. The molecule has 0 unspecified atom stereocenters. The zero-order chi connectivity index (χ0) is 16.6. The predicted molar refractivity (Wildman–Crippen MR) is 92.4 cm³/mol. The van der Waals surface area contributed by atoms with Crippen molar-refractivity contribution in [2.24, 2.45) is 7.05 Å². The first-order valence-electron chi connectivity index (χ1n) is 6.70. The van der Waals surface area contributed by atoms with Crippen LogP contribution in [0.2, 0.25) is 5.02 Å². The van der Waals surface area contributed by atoms with Gasteiger partial charge >= 0.3 is 0 Å². The molecule has 23 heavy (non-hydrogen) atoms. The maximum Gasteiger partial charge on any atom is 0.281 e. The highest BCUT2D eigenvalue weighted by Gasteiger charge is 2.34. The van der Waals surface area contributed by atoms with Crippen molar-refractivity contribution in [3.63, 3.8) is 0 Å². The number of aromatic nitrogens is 2. The molecule has 0 bridgehead atoms. The highest BCUT2D eigenvalue weighted by atomic mass is 35.5. The summed E-state index contributed by atoms with van der Waals surface area (Å²) in [6, 6.07) is 7.18. The van der Waals surface area contributed by atoms with E-state index in [1.54, 1.807) is 37.0 Å². The Labute approximate surface area is 143 Å². The number of hydrogen-bond donors (Lipinski definition) is 1. The molecular formula is C15H13ClN4O2S. The van der Waals surface area contributed by atoms with E-state index in [1.165, 1.54) is 11.1 Å². The molecule has 1 fully saturated rings. The predicted octanol–water partition coefficient (Wildman–Crippen LogP) is 2.34. The lowest BCUT2D eigenvalue weighted by molar-refractivity contribution is -0.113. The Balaban J connectivity index is 2.01. The van der Waals surface area contributed by atoms with E-state index in [9.17, 15) is 4.79 Å². The van der Waals surface area contributed by atoms with Gasteiger partial charge in [-0.3, -0.25) is 9.48 Å². The van der Waals surface area contributed by atoms with Crippen LogP contribution in [0, 0.1) is 0 Å². The average molecular weight is 349 g/mol. The maximum atomic E-state index is 12.7. The molecule has 118 valence electrons. The molecule has 1 aromatic carbocycles. The second-order valence-electron chi connectivity index (χ2n) is 4.80. The van der Waals surface area contributed by atoms with E-state index in [0.29, 0.717) is 27.9 Å². The average Bonchev–Trinajstić information content (AvgIpc) is 3.01. The van der Waals surface area contributed by atoms with Gasteiger partial charge in [-0.05, 0) is 30.4 Å². The van der Waals surface area contributed by atoms with Gasteiger partial charge in [0.2, 0.25) is 0 Å². The van der Waals surface area contributed by atoms with Gasteiger partial charge in [0.1, 0.15) is 11.4 Å². The molecule has 8 heteroatoms. The molecule has 1 saturated heterocycles. The van der Waals surface area contributed by atoms with Crippen LogP contribution < -0.4 is 15.0 Å². The maximum absolute atomic E-state index is 12.7. The summed E-state index contributed by atoms with van der Waals surface area (Å²) < 4.78 is 6.88. The van der Waals surface area contributed by atoms with E-state index < -0.39 is 0 Å². The number of benzene rings is 1. The van der Waals surface area contributed by atoms with Gasteiger partial charge in [-0.2, -0.15) is 5.10 Å². The molecule has 0 saturated carbocycles. The summed E-state index contributed by atoms with van der Waals surface area (Å²) in [6.07, 6.45) is 3.14. The van der Waals surface area contributed by atoms with Gasteiger partial charge < -0.3 is 10.1 Å². The lowest BCUT2D eigenvalue weighted by atomic mass is 10.2. The minimum absolute atomic E-state index is 0.281. The number of rotatable bonds is 3. The lowest BCUT2D eigenvalue weighted by Crippen LogP contribution is -2.30. The van der Waals surface area contributed by atoms with Gasteiger partial charge in [0.25, 0.3) is 5.91 Å². The quantitative estimate of drug-likeness (QED) is 0.681. The SMILES string of the molecule is COc1ccccc1N1C(=O)/C(=C\c2c(Cl)cnn2C)NC1=S. The molecule has 0 atom stereocenters. The summed E-state index contributed by atoms with van der Waals surface area (Å²) in [4.78, 5) is 14.1. The van der Waals surface area contributed by atoms with Gasteiger partial charge in [-0.1, -0.05) is 23.7 Å². The van der Waals surface area contributed by atoms with Crippen molar-refractivity contribution < 1.29 is 9.53 Å². The summed E-state index contributed by atoms with van der Waals surface area (Å²) in [5, 5.41) is 7.69. The summed E-state index contributed by atoms with van der Waals surface area (Å²) in [6.45, 7) is 0. The Hall–Kier alpha value is -2.38. The Kier molecular flexibility index (Phi) is 4.06. The Bertz CT molecular complexity index is 811. The number of para-hydroxylation sites is 2. The molecule has 1 aliphatic rings. The van der Waals surface area contributed by atoms with Crippen LogP contribution in [-0.4, -0.2) is 27.9 Å². The Morgan fingerprint density at radius 3 is 2.78 bits per heavy atom. The van der Waals surface area contributed by atoms with Crippen molar-refractivity contribution in [3.05, 3.63) is 46.9 Å². The number of amides is 1. The zero-order valence-electron chi connectivity index (χ0n) is 12.4. The second kappa shape index (κ2) is 6.02. The molecule has 6 nitrogen and oxygen atoms in total. The molecule has 1 aliphatic heterocycles. The number of carbonyl (C=O) groups excluding carboxylic acids is 1. The van der Waals surface area contributed by atoms with Crippen LogP contribution in [0.4, 0.5) is 5.69 Å². The fraction of sp³-hybridized carbons (Fsp3) is 0.133. The number of halogens is 1. The molecule has 2 aromatic rings. The van der Waals surface area contributed by atoms with Crippen molar-refractivity contribution in [2.75, 3.05) is 12.0 Å². The molecule has 1 N–H and O–H groups in total. The van der Waals surface area contributed by atoms with Crippen molar-refractivity contribution in [2.45, 2.75) is 0 Å². The topological polar surface area (TPSA) is 59.4 Å². The Morgan fingerprint density at radius 1 is 1.39 bits per heavy atom. The molecule has 2 heterocycles. The number of carbonyl (C=O) groups is 1. The monoisotopic (exact) mass is 348 g/mol. The van der Waals surface area contributed by atoms with Crippen LogP contribution in [0.1, 0.15) is 5.69 Å². The fourth-order valence-electron chi connectivity index (χ4n) is 2.29. The van der Waals surface area contributed by atoms with Crippen LogP contribution in [0.15, 0.2) is 36.2 Å². The first-order chi connectivity index (χ1) is 11.0. The minimum Gasteiger partial charge on any atom is -0.495 e. The Morgan fingerprint density at radius 2 is 2.13 bits per heavy atom. The third-order valence-electron chi connectivity index (χ3n) is 3.42. The minimum atomic E-state index is -0.281. The molecule has 3 rings (SSSR count). The number of nitrogens with zero attached hydrogens (tertiary/aromatic N) is 3. The summed E-state index contributed by atoms with van der Waals surface area (Å²) in [7, 11) is 3.29. The third kappa shape index (κ3) is 2.69. The van der Waals surface area contributed by atoms with E-state index in [1.807, 2.05) is 12.1 Å². The van der Waals surface area contributed by atoms with E-state index in [0.717, 1.165) is 0 Å². The van der Waals surface area contributed by atoms with Gasteiger partial charge in [-0.15, -0.1) is 0 Å². The first kappa shape index (κ1) is 15.5. The molecule has 0 radical (unpaired) electrons. The molecular weight excluding hydrogens is 336 g/mol. The third-order valence-corrected chi connectivity index (χ3v) is 4.00. The van der Waals surface area contributed by atoms with Crippen molar-refractivity contribution >= 4 is 46.6 Å². The van der Waals surface area contributed by atoms with E-state index in [4.69, 9.17) is 28.6 Å². The summed E-state index contributed by atoms with van der Waals surface area (Å²) in [5.74, 6) is 0.279. The van der Waals surface area contributed by atoms with Crippen LogP contribution in [-0.2, 0) is 11.8 Å². The highest BCUT2D eigenvalue weighted by Crippen LogP contribution is 2.31. The summed E-state index contributed by atoms with van der Waals surface area (Å²) >= 11 is 11.4. The van der Waals surface area contributed by atoms with Gasteiger partial charge in [0.15, 0.2) is 5.11 Å². The number of anilines is 1. The number of aryl methyl sites for hydroxylation is 1. The zero-order valence-corrected chi connectivity index (χ0v) is 14.0. The fourth-order valence-corrected chi connectivity index (χ4v) is 2.80. The normalized spacial score (nSPS) is 16.1. The van der Waals surface area contributed by atoms with Gasteiger partial charge in [-0.25, -0.2) is 4.90 Å². The summed E-state index contributed by atoms with van der Waals surface area (Å²) in [5.41, 5.74) is 1.52. The van der Waals surface area contributed by atoms with E-state index in [-0.39, 0.29) is 11.0 Å². The standard InChI is InChI=1S/C15H13ClN4O2S/c1-19-12(9(16)8-17-19)7-10-14(21)20(15(23)18-10)11-5-3-4-6-13(11)22-2/h3-8H,1-2H3,(H,18,23)/b10-7+. The van der Waals surface area contributed by atoms with Gasteiger partial charge in [0, 0.05) is 7.05 Å². The molecule has 1 aromatic heterocycles. The number of hydrogen-bond acceptors (Lipinski definition) is 4. The molecule has 1 amide bonds. The van der Waals surface area contributed by atoms with E-state index in [2.05, 4.69) is 10.4 Å². The highest BCUT2D eigenvalue weighted by molar-refractivity contribution is 7.80. The van der Waals surface area contributed by atoms with Crippen molar-refractivity contribution in [3.8, 4) is 5.75 Å². The smallest absolute Gasteiger partial charge is 0.281 e. The van der Waals surface area contributed by atoms with Crippen molar-refractivity contribution in [1.82, 2.24) is 15.1 Å². The molecule has 0 spiro atoms. The number of methoxy groups -OCH3 is 1. The van der Waals surface area contributed by atoms with Crippen LogP contribution >= 0.6 is 23.8 Å². The lowest BCUT2D eigenvalue weighted by Gasteiger charge is -2.17. The number of thiocarbonyl (C=S) groups is 1. The van der Waals surface area contributed by atoms with Crippen LogP contribution in [0.25, 0.3) is 6.08 Å². The molecule has 0 aliphatic carbocycles.